The molecule has 0 radical (unpaired) electrons. The van der Waals surface area contributed by atoms with Gasteiger partial charge in [0.2, 0.25) is 5.95 Å². The number of allylic oxidation sites excluding steroid dienone is 1. The Kier molecular flexibility index (Phi) is 10.1. The van der Waals surface area contributed by atoms with Crippen LogP contribution in [0.5, 0.6) is 11.5 Å². The highest BCUT2D eigenvalue weighted by Crippen LogP contribution is 2.46. The molecule has 15 heteroatoms. The number of alkyl halides is 3. The maximum absolute atomic E-state index is 14.7. The number of methoxy groups -OCH3 is 2. The van der Waals surface area contributed by atoms with Gasteiger partial charge in [-0.1, -0.05) is 41.8 Å². The smallest absolute Gasteiger partial charge is 0.418 e. The van der Waals surface area contributed by atoms with Gasteiger partial charge in [-0.05, 0) is 75.2 Å². The van der Waals surface area contributed by atoms with Crippen LogP contribution in [0.3, 0.4) is 0 Å². The molecule has 0 amide bonds. The van der Waals surface area contributed by atoms with Crippen LogP contribution < -0.4 is 30.0 Å². The van der Waals surface area contributed by atoms with Gasteiger partial charge >= 0.3 is 6.18 Å². The molecule has 2 N–H and O–H groups in total. The molecule has 3 aromatic carbocycles. The molecular formula is C36H39Cl2F3N8O2. The van der Waals surface area contributed by atoms with Crippen molar-refractivity contribution in [2.75, 3.05) is 67.6 Å². The Hall–Kier alpha value is -4.33. The highest BCUT2D eigenvalue weighted by Gasteiger charge is 2.37. The van der Waals surface area contributed by atoms with Crippen LogP contribution in [0.15, 0.2) is 65.4 Å². The monoisotopic (exact) mass is 742 g/mol. The van der Waals surface area contributed by atoms with E-state index in [1.165, 1.54) is 39.5 Å². The zero-order valence-electron chi connectivity index (χ0n) is 28.3. The quantitative estimate of drug-likeness (QED) is 0.177. The number of ether oxygens (including phenoxy) is 2. The Morgan fingerprint density at radius 2 is 1.57 bits per heavy atom. The maximum atomic E-state index is 14.7. The minimum atomic E-state index is -4.55. The van der Waals surface area contributed by atoms with E-state index >= 15 is 0 Å². The Bertz CT molecular complexity index is 1920. The van der Waals surface area contributed by atoms with E-state index in [9.17, 15) is 13.2 Å². The fraction of sp³-hybridized carbons (Fsp3) is 0.389. The number of hydrogen-bond acceptors (Lipinski definition) is 9. The normalized spacial score (nSPS) is 17.5. The van der Waals surface area contributed by atoms with Crippen molar-refractivity contribution in [3.63, 3.8) is 0 Å². The van der Waals surface area contributed by atoms with Gasteiger partial charge < -0.3 is 29.9 Å². The molecule has 1 aromatic heterocycles. The van der Waals surface area contributed by atoms with Gasteiger partial charge in [-0.25, -0.2) is 14.7 Å². The molecule has 0 aliphatic carbocycles. The third-order valence-electron chi connectivity index (χ3n) is 9.71. The number of nitrogens with one attached hydrogen (secondary N) is 2. The van der Waals surface area contributed by atoms with Gasteiger partial charge in [0, 0.05) is 42.8 Å². The van der Waals surface area contributed by atoms with E-state index in [0.717, 1.165) is 25.9 Å². The van der Waals surface area contributed by atoms with Gasteiger partial charge in [-0.15, -0.1) is 0 Å². The lowest BCUT2D eigenvalue weighted by molar-refractivity contribution is -0.137. The van der Waals surface area contributed by atoms with Crippen LogP contribution in [0.2, 0.25) is 10.0 Å². The third-order valence-corrected chi connectivity index (χ3v) is 10.5. The van der Waals surface area contributed by atoms with Crippen molar-refractivity contribution in [3.05, 3.63) is 76.0 Å². The van der Waals surface area contributed by atoms with E-state index in [-0.39, 0.29) is 28.1 Å². The number of para-hydroxylation sites is 2. The first kappa shape index (κ1) is 35.1. The predicted molar refractivity (Wildman–Crippen MR) is 198 cm³/mol. The first-order valence-electron chi connectivity index (χ1n) is 17.0. The summed E-state index contributed by atoms with van der Waals surface area (Å²) >= 11 is 13.4. The molecule has 0 unspecified atom stereocenters. The molecule has 270 valence electrons. The number of rotatable bonds is 9. The number of imidazole rings is 1. The van der Waals surface area contributed by atoms with Crippen molar-refractivity contribution in [2.24, 2.45) is 4.99 Å². The van der Waals surface area contributed by atoms with Crippen LogP contribution in [-0.2, 0) is 6.18 Å². The largest absolute Gasteiger partial charge is 0.495 e. The average molecular weight is 744 g/mol. The van der Waals surface area contributed by atoms with E-state index in [1.807, 2.05) is 29.2 Å². The summed E-state index contributed by atoms with van der Waals surface area (Å²) in [5, 5.41) is 8.67. The lowest BCUT2D eigenvalue weighted by Crippen LogP contribution is -2.47. The second-order valence-corrected chi connectivity index (χ2v) is 13.5. The number of hydrogen-bond donors (Lipinski definition) is 2. The molecule has 2 saturated heterocycles. The van der Waals surface area contributed by atoms with E-state index < -0.39 is 11.7 Å². The number of halogens is 5. The zero-order chi connectivity index (χ0) is 35.7. The summed E-state index contributed by atoms with van der Waals surface area (Å²) in [6, 6.07) is 13.9. The van der Waals surface area contributed by atoms with Gasteiger partial charge in [0.05, 0.1) is 36.5 Å². The summed E-state index contributed by atoms with van der Waals surface area (Å²) < 4.78 is 56.7. The first-order valence-corrected chi connectivity index (χ1v) is 17.7. The number of nitrogens with zero attached hydrogens (tertiary/aromatic N) is 6. The summed E-state index contributed by atoms with van der Waals surface area (Å²) in [5.41, 5.74) is 1.46. The van der Waals surface area contributed by atoms with Gasteiger partial charge in [0.1, 0.15) is 34.0 Å². The number of aromatic nitrogens is 2. The number of anilines is 4. The van der Waals surface area contributed by atoms with Crippen LogP contribution in [0.4, 0.5) is 36.2 Å². The summed E-state index contributed by atoms with van der Waals surface area (Å²) in [6.07, 6.45) is 4.11. The summed E-state index contributed by atoms with van der Waals surface area (Å²) in [5.74, 6) is 1.46. The molecule has 0 atom stereocenters. The highest BCUT2D eigenvalue weighted by molar-refractivity contribution is 6.41. The Morgan fingerprint density at radius 1 is 0.863 bits per heavy atom. The number of piperidine rings is 2. The Labute approximate surface area is 304 Å². The molecule has 7 rings (SSSR count). The molecule has 3 aliphatic heterocycles. The van der Waals surface area contributed by atoms with Crippen LogP contribution >= 0.6 is 23.2 Å². The third kappa shape index (κ3) is 7.11. The van der Waals surface area contributed by atoms with Crippen molar-refractivity contribution >= 4 is 63.5 Å². The first-order chi connectivity index (χ1) is 24.7. The molecule has 0 saturated carbocycles. The standard InChI is InChI=1S/C36H39Cl2F3N8O2/c1-50-29-21-30(51-2)33(38)34(32(29)37)45-35-44-26-8-4-5-9-28(26)49(35)48-22-42-15-12-31(48)43-23-10-11-27(25(20-23)36(39,40)41)47-18-13-24(14-19-47)46-16-6-3-7-17-46/h4-5,8-12,15,20-21,24,43H,3,6-7,13-14,16-19,22H2,1-2H3,(H,44,45). The van der Waals surface area contributed by atoms with Crippen molar-refractivity contribution in [2.45, 2.75) is 44.3 Å². The minimum Gasteiger partial charge on any atom is -0.495 e. The van der Waals surface area contributed by atoms with Crippen molar-refractivity contribution < 1.29 is 22.6 Å². The van der Waals surface area contributed by atoms with Gasteiger partial charge in [-0.3, -0.25) is 4.99 Å². The lowest BCUT2D eigenvalue weighted by Gasteiger charge is -2.41. The molecule has 10 nitrogen and oxygen atoms in total. The van der Waals surface area contributed by atoms with Crippen molar-refractivity contribution in [1.82, 2.24) is 14.6 Å². The molecule has 51 heavy (non-hydrogen) atoms. The van der Waals surface area contributed by atoms with Gasteiger partial charge in [0.15, 0.2) is 0 Å². The summed E-state index contributed by atoms with van der Waals surface area (Å²) in [4.78, 5) is 13.7. The molecular weight excluding hydrogens is 704 g/mol. The van der Waals surface area contributed by atoms with E-state index in [2.05, 4.69) is 20.5 Å². The van der Waals surface area contributed by atoms with E-state index in [0.29, 0.717) is 59.1 Å². The minimum absolute atomic E-state index is 0.132. The predicted octanol–water partition coefficient (Wildman–Crippen LogP) is 8.51. The second-order valence-electron chi connectivity index (χ2n) is 12.7. The van der Waals surface area contributed by atoms with E-state index in [4.69, 9.17) is 37.7 Å². The Balaban J connectivity index is 1.19. The fourth-order valence-electron chi connectivity index (χ4n) is 7.15. The number of fused-ring (bicyclic) bond motifs is 1. The van der Waals surface area contributed by atoms with Crippen LogP contribution in [0, 0.1) is 0 Å². The molecule has 4 aromatic rings. The molecule has 0 bridgehead atoms. The van der Waals surface area contributed by atoms with Gasteiger partial charge in [-0.2, -0.15) is 13.2 Å². The van der Waals surface area contributed by atoms with Crippen LogP contribution in [-0.4, -0.2) is 73.9 Å². The van der Waals surface area contributed by atoms with Crippen molar-refractivity contribution in [3.8, 4) is 11.5 Å². The van der Waals surface area contributed by atoms with Crippen molar-refractivity contribution in [1.29, 1.82) is 0 Å². The number of aliphatic imine (C=N–C) groups is 1. The number of benzene rings is 3. The topological polar surface area (TPSA) is 82.4 Å². The maximum Gasteiger partial charge on any atom is 0.418 e. The SMILES string of the molecule is COc1cc(OC)c(Cl)c(Nc2nc3ccccc3n2N2CN=CC=C2Nc2ccc(N3CCC(N4CCCCC4)CC3)c(C(F)(F)F)c2)c1Cl. The number of likely N-dealkylation sites (tertiary alicyclic amines) is 1. The molecule has 4 heterocycles. The average Bonchev–Trinajstić information content (AvgIpc) is 3.51. The van der Waals surface area contributed by atoms with Crippen LogP contribution in [0.25, 0.3) is 11.0 Å². The Morgan fingerprint density at radius 3 is 2.25 bits per heavy atom. The lowest BCUT2D eigenvalue weighted by atomic mass is 9.98. The summed E-state index contributed by atoms with van der Waals surface area (Å²) in [6.45, 7) is 3.47. The second kappa shape index (κ2) is 14.7. The highest BCUT2D eigenvalue weighted by atomic mass is 35.5. The molecule has 0 spiro atoms. The van der Waals surface area contributed by atoms with E-state index in [1.54, 1.807) is 40.2 Å². The van der Waals surface area contributed by atoms with Gasteiger partial charge in [0.25, 0.3) is 0 Å². The summed E-state index contributed by atoms with van der Waals surface area (Å²) in [7, 11) is 2.97. The molecule has 3 aliphatic rings. The fourth-order valence-corrected chi connectivity index (χ4v) is 7.75. The van der Waals surface area contributed by atoms with Crippen LogP contribution in [0.1, 0.15) is 37.7 Å². The molecule has 2 fully saturated rings. The zero-order valence-corrected chi connectivity index (χ0v) is 29.8.